The van der Waals surface area contributed by atoms with Crippen LogP contribution in [0.2, 0.25) is 5.02 Å². The molecule has 7 heteroatoms. The Morgan fingerprint density at radius 2 is 1.81 bits per heavy atom. The summed E-state index contributed by atoms with van der Waals surface area (Å²) in [6, 6.07) is 16.2. The molecule has 2 aromatic carbocycles. The van der Waals surface area contributed by atoms with Gasteiger partial charge >= 0.3 is 0 Å². The number of rotatable bonds is 6. The van der Waals surface area contributed by atoms with Gasteiger partial charge in [-0.05, 0) is 61.0 Å². The van der Waals surface area contributed by atoms with Gasteiger partial charge in [-0.25, -0.2) is 0 Å². The van der Waals surface area contributed by atoms with Crippen molar-refractivity contribution in [1.29, 1.82) is 0 Å². The van der Waals surface area contributed by atoms with E-state index in [1.54, 1.807) is 60.7 Å². The molecular weight excluding hydrogens is 418 g/mol. The van der Waals surface area contributed by atoms with Crippen LogP contribution < -0.4 is 4.74 Å². The topological polar surface area (TPSA) is 80.0 Å². The van der Waals surface area contributed by atoms with Crippen LogP contribution in [0.15, 0.2) is 76.9 Å². The molecule has 1 amide bonds. The highest BCUT2D eigenvalue weighted by Crippen LogP contribution is 2.40. The average molecular weight is 438 g/mol. The highest BCUT2D eigenvalue weighted by Gasteiger charge is 2.46. The zero-order valence-corrected chi connectivity index (χ0v) is 17.5. The predicted octanol–water partition coefficient (Wildman–Crippen LogP) is 4.95. The first-order valence-electron chi connectivity index (χ1n) is 9.79. The number of furan rings is 1. The van der Waals surface area contributed by atoms with Gasteiger partial charge in [0.25, 0.3) is 11.7 Å². The summed E-state index contributed by atoms with van der Waals surface area (Å²) in [7, 11) is 0. The van der Waals surface area contributed by atoms with E-state index in [2.05, 4.69) is 0 Å². The summed E-state index contributed by atoms with van der Waals surface area (Å²) >= 11 is 5.95. The van der Waals surface area contributed by atoms with Crippen LogP contribution in [-0.4, -0.2) is 28.3 Å². The Balaban J connectivity index is 1.82. The molecule has 1 aliphatic heterocycles. The van der Waals surface area contributed by atoms with Gasteiger partial charge in [0, 0.05) is 10.6 Å². The normalized spacial score (nSPS) is 17.9. The van der Waals surface area contributed by atoms with Crippen molar-refractivity contribution >= 4 is 29.1 Å². The molecule has 1 aliphatic rings. The number of aliphatic hydroxyl groups excluding tert-OH is 1. The molecule has 0 spiro atoms. The van der Waals surface area contributed by atoms with Crippen LogP contribution in [0.3, 0.4) is 0 Å². The van der Waals surface area contributed by atoms with E-state index < -0.39 is 17.7 Å². The molecule has 6 nitrogen and oxygen atoms in total. The van der Waals surface area contributed by atoms with Crippen molar-refractivity contribution in [2.45, 2.75) is 19.5 Å². The van der Waals surface area contributed by atoms with Crippen LogP contribution in [0.1, 0.15) is 29.9 Å². The first-order chi connectivity index (χ1) is 15.0. The number of hydrogen-bond acceptors (Lipinski definition) is 5. The highest BCUT2D eigenvalue weighted by atomic mass is 35.5. The van der Waals surface area contributed by atoms with Gasteiger partial charge in [0.2, 0.25) is 0 Å². The zero-order chi connectivity index (χ0) is 22.0. The minimum absolute atomic E-state index is 0.0167. The van der Waals surface area contributed by atoms with E-state index in [-0.39, 0.29) is 17.9 Å². The lowest BCUT2D eigenvalue weighted by molar-refractivity contribution is -0.140. The molecule has 1 atom stereocenters. The molecule has 1 aromatic heterocycles. The van der Waals surface area contributed by atoms with Gasteiger partial charge in [-0.15, -0.1) is 0 Å². The summed E-state index contributed by atoms with van der Waals surface area (Å²) in [5.74, 6) is -0.504. The van der Waals surface area contributed by atoms with E-state index in [0.717, 1.165) is 0 Å². The number of carbonyl (C=O) groups excluding carboxylic acids is 2. The standard InChI is InChI=1S/C24H20ClNO5/c1-2-30-18-11-7-15(8-12-18)21-20(22(27)16-5-9-17(25)10-6-16)23(28)24(29)26(21)14-19-4-3-13-31-19/h3-13,21,27H,2,14H2,1H3/b22-20+/t21-/m0/s1. The Bertz CT molecular complexity index is 1120. The minimum atomic E-state index is -0.781. The lowest BCUT2D eigenvalue weighted by Crippen LogP contribution is -2.29. The molecule has 158 valence electrons. The summed E-state index contributed by atoms with van der Waals surface area (Å²) in [5.41, 5.74) is 1.09. The van der Waals surface area contributed by atoms with E-state index in [0.29, 0.717) is 34.3 Å². The van der Waals surface area contributed by atoms with Gasteiger partial charge < -0.3 is 19.2 Å². The van der Waals surface area contributed by atoms with Crippen LogP contribution >= 0.6 is 11.6 Å². The maximum Gasteiger partial charge on any atom is 0.296 e. The third kappa shape index (κ3) is 4.07. The second kappa shape index (κ2) is 8.70. The predicted molar refractivity (Wildman–Crippen MR) is 116 cm³/mol. The number of halogens is 1. The van der Waals surface area contributed by atoms with E-state index in [9.17, 15) is 14.7 Å². The van der Waals surface area contributed by atoms with Crippen LogP contribution in [0, 0.1) is 0 Å². The fraction of sp³-hybridized carbons (Fsp3) is 0.167. The fourth-order valence-corrected chi connectivity index (χ4v) is 3.76. The third-order valence-electron chi connectivity index (χ3n) is 5.07. The largest absolute Gasteiger partial charge is 0.507 e. The second-order valence-corrected chi connectivity index (χ2v) is 7.45. The Labute approximate surface area is 184 Å². The summed E-state index contributed by atoms with van der Waals surface area (Å²) in [5, 5.41) is 11.5. The SMILES string of the molecule is CCOc1ccc([C@H]2/C(=C(\O)c3ccc(Cl)cc3)C(=O)C(=O)N2Cc2ccco2)cc1. The quantitative estimate of drug-likeness (QED) is 0.335. The Morgan fingerprint density at radius 1 is 1.10 bits per heavy atom. The monoisotopic (exact) mass is 437 g/mol. The number of hydrogen-bond donors (Lipinski definition) is 1. The minimum Gasteiger partial charge on any atom is -0.507 e. The number of carbonyl (C=O) groups is 2. The maximum absolute atomic E-state index is 13.0. The van der Waals surface area contributed by atoms with Crippen LogP contribution in [0.5, 0.6) is 5.75 Å². The number of ketones is 1. The molecule has 1 N–H and O–H groups in total. The zero-order valence-electron chi connectivity index (χ0n) is 16.7. The van der Waals surface area contributed by atoms with Gasteiger partial charge in [0.05, 0.1) is 31.0 Å². The summed E-state index contributed by atoms with van der Waals surface area (Å²) < 4.78 is 10.9. The highest BCUT2D eigenvalue weighted by molar-refractivity contribution is 6.46. The number of ether oxygens (including phenoxy) is 1. The number of nitrogens with zero attached hydrogens (tertiary/aromatic N) is 1. The lowest BCUT2D eigenvalue weighted by Gasteiger charge is -2.24. The first kappa shape index (κ1) is 20.8. The molecule has 4 rings (SSSR count). The number of likely N-dealkylation sites (tertiary alicyclic amines) is 1. The third-order valence-corrected chi connectivity index (χ3v) is 5.32. The molecule has 31 heavy (non-hydrogen) atoms. The smallest absolute Gasteiger partial charge is 0.296 e. The molecule has 1 saturated heterocycles. The van der Waals surface area contributed by atoms with Gasteiger partial charge in [0.15, 0.2) is 0 Å². The van der Waals surface area contributed by atoms with Crippen molar-refractivity contribution in [3.8, 4) is 5.75 Å². The Hall–Kier alpha value is -3.51. The average Bonchev–Trinajstić information content (AvgIpc) is 3.37. The van der Waals surface area contributed by atoms with Gasteiger partial charge in [-0.3, -0.25) is 9.59 Å². The molecule has 0 unspecified atom stereocenters. The summed E-state index contributed by atoms with van der Waals surface area (Å²) in [4.78, 5) is 27.3. The van der Waals surface area contributed by atoms with Crippen LogP contribution in [0.25, 0.3) is 5.76 Å². The van der Waals surface area contributed by atoms with E-state index in [4.69, 9.17) is 20.8 Å². The molecule has 0 aliphatic carbocycles. The molecule has 1 fully saturated rings. The van der Waals surface area contributed by atoms with Crippen LogP contribution in [0.4, 0.5) is 0 Å². The van der Waals surface area contributed by atoms with Gasteiger partial charge in [-0.2, -0.15) is 0 Å². The summed E-state index contributed by atoms with van der Waals surface area (Å²) in [6.45, 7) is 2.50. The molecule has 0 saturated carbocycles. The van der Waals surface area contributed by atoms with Crippen molar-refractivity contribution < 1.29 is 23.8 Å². The van der Waals surface area contributed by atoms with Crippen molar-refractivity contribution in [1.82, 2.24) is 4.90 Å². The maximum atomic E-state index is 13.0. The van der Waals surface area contributed by atoms with Crippen LogP contribution in [-0.2, 0) is 16.1 Å². The van der Waals surface area contributed by atoms with Gasteiger partial charge in [-0.1, -0.05) is 23.7 Å². The van der Waals surface area contributed by atoms with Crippen molar-refractivity contribution in [3.05, 3.63) is 94.4 Å². The lowest BCUT2D eigenvalue weighted by atomic mass is 9.95. The second-order valence-electron chi connectivity index (χ2n) is 7.02. The number of benzene rings is 2. The summed E-state index contributed by atoms with van der Waals surface area (Å²) in [6.07, 6.45) is 1.51. The van der Waals surface area contributed by atoms with Crippen molar-refractivity contribution in [2.75, 3.05) is 6.61 Å². The Morgan fingerprint density at radius 3 is 2.42 bits per heavy atom. The van der Waals surface area contributed by atoms with Gasteiger partial charge in [0.1, 0.15) is 17.3 Å². The fourth-order valence-electron chi connectivity index (χ4n) is 3.64. The van der Waals surface area contributed by atoms with E-state index in [1.165, 1.54) is 11.2 Å². The molecule has 0 radical (unpaired) electrons. The van der Waals surface area contributed by atoms with E-state index >= 15 is 0 Å². The molecule has 2 heterocycles. The number of aliphatic hydroxyl groups is 1. The van der Waals surface area contributed by atoms with E-state index in [1.807, 2.05) is 6.92 Å². The van der Waals surface area contributed by atoms with Crippen molar-refractivity contribution in [3.63, 3.8) is 0 Å². The Kier molecular flexibility index (Phi) is 5.82. The number of amides is 1. The molecule has 3 aromatic rings. The molecular formula is C24H20ClNO5. The van der Waals surface area contributed by atoms with Crippen molar-refractivity contribution in [2.24, 2.45) is 0 Å². The molecule has 0 bridgehead atoms. The number of Topliss-reactive ketones (excluding diaryl/α,β-unsaturated/α-hetero) is 1. The first-order valence-corrected chi connectivity index (χ1v) is 10.2.